The number of carbonyl (C=O) groups excluding carboxylic acids is 1. The second-order valence-electron chi connectivity index (χ2n) is 4.94. The lowest BCUT2D eigenvalue weighted by atomic mass is 10.3. The monoisotopic (exact) mass is 368 g/mol. The number of oxazole rings is 1. The van der Waals surface area contributed by atoms with Crippen LogP contribution in [0.1, 0.15) is 6.92 Å². The summed E-state index contributed by atoms with van der Waals surface area (Å²) in [6, 6.07) is 8.36. The molecule has 4 nitrogen and oxygen atoms in total. The van der Waals surface area contributed by atoms with E-state index < -0.39 is 28.5 Å². The minimum Gasteiger partial charge on any atom is -0.431 e. The first kappa shape index (κ1) is 16.7. The van der Waals surface area contributed by atoms with E-state index in [2.05, 4.69) is 10.3 Å². The van der Waals surface area contributed by atoms with Crippen LogP contribution < -0.4 is 5.32 Å². The molecule has 3 rings (SSSR count). The number of carbonyl (C=O) groups is 1. The molecule has 1 aromatic heterocycles. The quantitative estimate of drug-likeness (QED) is 0.667. The lowest BCUT2D eigenvalue weighted by molar-refractivity contribution is -0.115. The summed E-state index contributed by atoms with van der Waals surface area (Å²) < 4.78 is 32.7. The van der Waals surface area contributed by atoms with Crippen molar-refractivity contribution in [3.05, 3.63) is 53.1 Å². The Balaban J connectivity index is 1.73. The molecule has 3 aromatic rings. The predicted octanol–water partition coefficient (Wildman–Crippen LogP) is 4.88. The third kappa shape index (κ3) is 3.52. The summed E-state index contributed by atoms with van der Waals surface area (Å²) in [4.78, 5) is 16.4. The maximum atomic E-state index is 13.6. The number of amides is 1. The number of aromatic nitrogens is 1. The van der Waals surface area contributed by atoms with Crippen molar-refractivity contribution in [1.82, 2.24) is 4.98 Å². The fourth-order valence-corrected chi connectivity index (χ4v) is 2.89. The Labute approximate surface area is 145 Å². The van der Waals surface area contributed by atoms with Crippen LogP contribution in [0, 0.1) is 11.6 Å². The molecule has 2 aromatic carbocycles. The molecule has 0 aliphatic carbocycles. The maximum Gasteiger partial charge on any atom is 0.257 e. The molecule has 8 heteroatoms. The van der Waals surface area contributed by atoms with E-state index in [1.807, 2.05) is 0 Å². The lowest BCUT2D eigenvalue weighted by Crippen LogP contribution is -2.23. The fraction of sp³-hybridized carbons (Fsp3) is 0.125. The standard InChI is InChI=1S/C16H11ClF2N2O2S/c1-8(15(22)21-14-10(18)3-2-4-11(14)19)24-16-20-12-6-5-9(17)7-13(12)23-16/h2-8H,1H3,(H,21,22)/t8-/m1/s1. The Morgan fingerprint density at radius 1 is 1.29 bits per heavy atom. The highest BCUT2D eigenvalue weighted by atomic mass is 35.5. The number of thioether (sulfide) groups is 1. The van der Waals surface area contributed by atoms with Gasteiger partial charge in [-0.25, -0.2) is 13.8 Å². The zero-order valence-corrected chi connectivity index (χ0v) is 13.9. The molecule has 0 aliphatic heterocycles. The van der Waals surface area contributed by atoms with Gasteiger partial charge in [-0.2, -0.15) is 0 Å². The summed E-state index contributed by atoms with van der Waals surface area (Å²) in [6.45, 7) is 1.58. The van der Waals surface area contributed by atoms with Crippen molar-refractivity contribution in [2.24, 2.45) is 0 Å². The van der Waals surface area contributed by atoms with Crippen molar-refractivity contribution in [2.45, 2.75) is 17.4 Å². The van der Waals surface area contributed by atoms with Crippen molar-refractivity contribution in [1.29, 1.82) is 0 Å². The number of halogens is 3. The number of hydrogen-bond donors (Lipinski definition) is 1. The zero-order valence-electron chi connectivity index (χ0n) is 12.3. The van der Waals surface area contributed by atoms with Gasteiger partial charge in [-0.05, 0) is 31.2 Å². The number of nitrogens with zero attached hydrogens (tertiary/aromatic N) is 1. The van der Waals surface area contributed by atoms with Gasteiger partial charge < -0.3 is 9.73 Å². The van der Waals surface area contributed by atoms with E-state index >= 15 is 0 Å². The van der Waals surface area contributed by atoms with Gasteiger partial charge in [0.05, 0.1) is 5.25 Å². The molecule has 0 saturated carbocycles. The Morgan fingerprint density at radius 2 is 2.00 bits per heavy atom. The Morgan fingerprint density at radius 3 is 2.71 bits per heavy atom. The molecule has 0 saturated heterocycles. The summed E-state index contributed by atoms with van der Waals surface area (Å²) in [5.74, 6) is -2.24. The SMILES string of the molecule is C[C@@H](Sc1nc2ccc(Cl)cc2o1)C(=O)Nc1c(F)cccc1F. The highest BCUT2D eigenvalue weighted by Crippen LogP contribution is 2.29. The summed E-state index contributed by atoms with van der Waals surface area (Å²) in [5.41, 5.74) is 0.631. The second kappa shape index (κ2) is 6.78. The smallest absolute Gasteiger partial charge is 0.257 e. The van der Waals surface area contributed by atoms with E-state index in [-0.39, 0.29) is 5.22 Å². The second-order valence-corrected chi connectivity index (χ2v) is 6.67. The molecule has 0 fully saturated rings. The minimum atomic E-state index is -0.836. The number of anilines is 1. The van der Waals surface area contributed by atoms with Crippen LogP contribution in [0.3, 0.4) is 0 Å². The summed E-state index contributed by atoms with van der Waals surface area (Å²) >= 11 is 6.91. The fourth-order valence-electron chi connectivity index (χ4n) is 1.97. The molecule has 24 heavy (non-hydrogen) atoms. The first-order chi connectivity index (χ1) is 11.4. The molecule has 0 spiro atoms. The van der Waals surface area contributed by atoms with Crippen molar-refractivity contribution in [3.8, 4) is 0 Å². The van der Waals surface area contributed by atoms with Crippen LogP contribution in [0.5, 0.6) is 0 Å². The topological polar surface area (TPSA) is 55.1 Å². The van der Waals surface area contributed by atoms with E-state index in [0.717, 1.165) is 23.9 Å². The van der Waals surface area contributed by atoms with Crippen LogP contribution in [0.4, 0.5) is 14.5 Å². The van der Waals surface area contributed by atoms with Crippen molar-refractivity contribution < 1.29 is 18.0 Å². The predicted molar refractivity (Wildman–Crippen MR) is 89.3 cm³/mol. The van der Waals surface area contributed by atoms with Gasteiger partial charge >= 0.3 is 0 Å². The number of hydrogen-bond acceptors (Lipinski definition) is 4. The highest BCUT2D eigenvalue weighted by Gasteiger charge is 2.20. The molecule has 0 aliphatic rings. The van der Waals surface area contributed by atoms with Crippen LogP contribution in [-0.2, 0) is 4.79 Å². The molecule has 1 N–H and O–H groups in total. The largest absolute Gasteiger partial charge is 0.431 e. The summed E-state index contributed by atoms with van der Waals surface area (Å²) in [7, 11) is 0. The van der Waals surface area contributed by atoms with E-state index in [1.165, 1.54) is 6.07 Å². The molecule has 1 atom stereocenters. The average Bonchev–Trinajstić information content (AvgIpc) is 2.92. The number of rotatable bonds is 4. The molecule has 1 heterocycles. The van der Waals surface area contributed by atoms with Gasteiger partial charge in [-0.15, -0.1) is 0 Å². The molecular formula is C16H11ClF2N2O2S. The van der Waals surface area contributed by atoms with Crippen LogP contribution in [0.2, 0.25) is 5.02 Å². The Kier molecular flexibility index (Phi) is 4.73. The van der Waals surface area contributed by atoms with Crippen molar-refractivity contribution >= 4 is 46.1 Å². The highest BCUT2D eigenvalue weighted by molar-refractivity contribution is 8.00. The van der Waals surface area contributed by atoms with Gasteiger partial charge in [-0.1, -0.05) is 29.4 Å². The maximum absolute atomic E-state index is 13.6. The summed E-state index contributed by atoms with van der Waals surface area (Å²) in [6.07, 6.45) is 0. The third-order valence-electron chi connectivity index (χ3n) is 3.19. The van der Waals surface area contributed by atoms with Gasteiger partial charge in [0.2, 0.25) is 5.91 Å². The first-order valence-electron chi connectivity index (χ1n) is 6.91. The third-order valence-corrected chi connectivity index (χ3v) is 4.37. The van der Waals surface area contributed by atoms with Gasteiger partial charge in [0.25, 0.3) is 5.22 Å². The Hall–Kier alpha value is -2.12. The molecule has 0 radical (unpaired) electrons. The number of benzene rings is 2. The molecule has 124 valence electrons. The number of nitrogens with one attached hydrogen (secondary N) is 1. The lowest BCUT2D eigenvalue weighted by Gasteiger charge is -2.11. The van der Waals surface area contributed by atoms with E-state index in [4.69, 9.17) is 16.0 Å². The Bertz CT molecular complexity index is 896. The number of fused-ring (bicyclic) bond motifs is 1. The normalized spacial score (nSPS) is 12.3. The molecular weight excluding hydrogens is 358 g/mol. The van der Waals surface area contributed by atoms with E-state index in [9.17, 15) is 13.6 Å². The average molecular weight is 369 g/mol. The molecule has 0 unspecified atom stereocenters. The van der Waals surface area contributed by atoms with E-state index in [0.29, 0.717) is 16.1 Å². The number of para-hydroxylation sites is 1. The summed E-state index contributed by atoms with van der Waals surface area (Å²) in [5, 5.41) is 2.35. The van der Waals surface area contributed by atoms with Crippen LogP contribution >= 0.6 is 23.4 Å². The first-order valence-corrected chi connectivity index (χ1v) is 8.17. The minimum absolute atomic E-state index is 0.268. The van der Waals surface area contributed by atoms with Gasteiger partial charge in [0.15, 0.2) is 5.58 Å². The molecule has 1 amide bonds. The van der Waals surface area contributed by atoms with Crippen molar-refractivity contribution in [3.63, 3.8) is 0 Å². The van der Waals surface area contributed by atoms with Crippen LogP contribution in [-0.4, -0.2) is 16.1 Å². The van der Waals surface area contributed by atoms with E-state index in [1.54, 1.807) is 25.1 Å². The van der Waals surface area contributed by atoms with Crippen LogP contribution in [0.25, 0.3) is 11.1 Å². The van der Waals surface area contributed by atoms with Crippen LogP contribution in [0.15, 0.2) is 46.0 Å². The molecule has 0 bridgehead atoms. The zero-order chi connectivity index (χ0) is 17.3. The van der Waals surface area contributed by atoms with Gasteiger partial charge in [0, 0.05) is 11.1 Å². The van der Waals surface area contributed by atoms with Gasteiger partial charge in [-0.3, -0.25) is 4.79 Å². The van der Waals surface area contributed by atoms with Crippen molar-refractivity contribution in [2.75, 3.05) is 5.32 Å². The van der Waals surface area contributed by atoms with Gasteiger partial charge in [0.1, 0.15) is 22.8 Å².